The number of carbonyl (C=O) groups is 1. The molecule has 1 heterocycles. The molecular formula is C20H23Cl2N3O2. The molecule has 1 N–H and O–H groups in total. The summed E-state index contributed by atoms with van der Waals surface area (Å²) in [5, 5.41) is 4.21. The Morgan fingerprint density at radius 1 is 0.963 bits per heavy atom. The number of hydrogen-bond acceptors (Lipinski definition) is 4. The van der Waals surface area contributed by atoms with Gasteiger partial charge in [0.2, 0.25) is 5.91 Å². The Kier molecular flexibility index (Phi) is 7.35. The quantitative estimate of drug-likeness (QED) is 0.760. The summed E-state index contributed by atoms with van der Waals surface area (Å²) in [5.41, 5.74) is 0.727. The zero-order valence-electron chi connectivity index (χ0n) is 15.0. The van der Waals surface area contributed by atoms with Crippen molar-refractivity contribution in [1.29, 1.82) is 0 Å². The molecule has 0 aromatic heterocycles. The molecule has 3 rings (SSSR count). The molecule has 2 aromatic rings. The number of amides is 1. The van der Waals surface area contributed by atoms with E-state index in [0.29, 0.717) is 23.2 Å². The fourth-order valence-corrected chi connectivity index (χ4v) is 3.28. The number of halogens is 2. The minimum atomic E-state index is -0.0169. The second-order valence-corrected chi connectivity index (χ2v) is 7.35. The standard InChI is InChI=1S/C20H23Cl2N3O2/c21-16-4-6-19(7-5-16)27-13-12-24-8-10-25(11-9-24)15-20(26)23-18-3-1-2-17(22)14-18/h1-7,14H,8-13,15H2,(H,23,26). The van der Waals surface area contributed by atoms with Gasteiger partial charge in [0.05, 0.1) is 6.54 Å². The number of carbonyl (C=O) groups excluding carboxylic acids is 1. The maximum Gasteiger partial charge on any atom is 0.238 e. The van der Waals surface area contributed by atoms with Crippen LogP contribution in [0.2, 0.25) is 10.0 Å². The Labute approximate surface area is 169 Å². The monoisotopic (exact) mass is 407 g/mol. The van der Waals surface area contributed by atoms with Gasteiger partial charge < -0.3 is 10.1 Å². The van der Waals surface area contributed by atoms with Crippen molar-refractivity contribution in [3.05, 3.63) is 58.6 Å². The first-order valence-corrected chi connectivity index (χ1v) is 9.72. The van der Waals surface area contributed by atoms with Crippen LogP contribution in [0.15, 0.2) is 48.5 Å². The zero-order chi connectivity index (χ0) is 19.1. The van der Waals surface area contributed by atoms with E-state index in [1.54, 1.807) is 12.1 Å². The summed E-state index contributed by atoms with van der Waals surface area (Å²) in [6.45, 7) is 5.47. The molecule has 0 bridgehead atoms. The molecule has 1 fully saturated rings. The Balaban J connectivity index is 1.33. The van der Waals surface area contributed by atoms with E-state index in [-0.39, 0.29) is 5.91 Å². The highest BCUT2D eigenvalue weighted by Gasteiger charge is 2.18. The highest BCUT2D eigenvalue weighted by molar-refractivity contribution is 6.31. The molecule has 1 aliphatic rings. The highest BCUT2D eigenvalue weighted by Crippen LogP contribution is 2.16. The Hall–Kier alpha value is -1.79. The van der Waals surface area contributed by atoms with Gasteiger partial charge in [0.25, 0.3) is 0 Å². The Morgan fingerprint density at radius 2 is 1.67 bits per heavy atom. The smallest absolute Gasteiger partial charge is 0.238 e. The van der Waals surface area contributed by atoms with Crippen molar-refractivity contribution in [1.82, 2.24) is 9.80 Å². The van der Waals surface area contributed by atoms with Crippen LogP contribution in [0.1, 0.15) is 0 Å². The third-order valence-corrected chi connectivity index (χ3v) is 4.92. The number of anilines is 1. The largest absolute Gasteiger partial charge is 0.492 e. The highest BCUT2D eigenvalue weighted by atomic mass is 35.5. The van der Waals surface area contributed by atoms with Gasteiger partial charge in [-0.1, -0.05) is 29.3 Å². The van der Waals surface area contributed by atoms with E-state index >= 15 is 0 Å². The van der Waals surface area contributed by atoms with Crippen LogP contribution in [-0.4, -0.2) is 61.6 Å². The van der Waals surface area contributed by atoms with Crippen LogP contribution >= 0.6 is 23.2 Å². The first-order chi connectivity index (χ1) is 13.1. The van der Waals surface area contributed by atoms with Crippen LogP contribution in [0.4, 0.5) is 5.69 Å². The second-order valence-electron chi connectivity index (χ2n) is 6.48. The molecule has 1 aliphatic heterocycles. The van der Waals surface area contributed by atoms with Crippen LogP contribution < -0.4 is 10.1 Å². The van der Waals surface area contributed by atoms with Crippen LogP contribution in [0.3, 0.4) is 0 Å². The van der Waals surface area contributed by atoms with Crippen LogP contribution in [0.5, 0.6) is 5.75 Å². The van der Waals surface area contributed by atoms with Crippen molar-refractivity contribution in [3.63, 3.8) is 0 Å². The number of benzene rings is 2. The van der Waals surface area contributed by atoms with Crippen molar-refractivity contribution in [3.8, 4) is 5.75 Å². The van der Waals surface area contributed by atoms with E-state index in [9.17, 15) is 4.79 Å². The Bertz CT molecular complexity index is 747. The fraction of sp³-hybridized carbons (Fsp3) is 0.350. The molecule has 0 unspecified atom stereocenters. The molecule has 0 radical (unpaired) electrons. The molecule has 144 valence electrons. The van der Waals surface area contributed by atoms with Crippen molar-refractivity contribution < 1.29 is 9.53 Å². The number of piperazine rings is 1. The number of rotatable bonds is 7. The summed E-state index contributed by atoms with van der Waals surface area (Å²) in [7, 11) is 0. The molecule has 0 saturated carbocycles. The lowest BCUT2D eigenvalue weighted by atomic mass is 10.3. The SMILES string of the molecule is O=C(CN1CCN(CCOc2ccc(Cl)cc2)CC1)Nc1cccc(Cl)c1. The summed E-state index contributed by atoms with van der Waals surface area (Å²) in [6.07, 6.45) is 0. The van der Waals surface area contributed by atoms with Gasteiger partial charge in [-0.2, -0.15) is 0 Å². The molecule has 2 aromatic carbocycles. The van der Waals surface area contributed by atoms with E-state index in [4.69, 9.17) is 27.9 Å². The lowest BCUT2D eigenvalue weighted by Crippen LogP contribution is -2.49. The molecule has 1 saturated heterocycles. The van der Waals surface area contributed by atoms with Gasteiger partial charge in [0.1, 0.15) is 12.4 Å². The molecule has 27 heavy (non-hydrogen) atoms. The van der Waals surface area contributed by atoms with E-state index in [0.717, 1.165) is 44.2 Å². The number of nitrogens with one attached hydrogen (secondary N) is 1. The normalized spacial score (nSPS) is 15.5. The molecule has 7 heteroatoms. The van der Waals surface area contributed by atoms with E-state index in [1.807, 2.05) is 36.4 Å². The van der Waals surface area contributed by atoms with Gasteiger partial charge in [-0.05, 0) is 42.5 Å². The lowest BCUT2D eigenvalue weighted by molar-refractivity contribution is -0.117. The summed E-state index contributed by atoms with van der Waals surface area (Å²) >= 11 is 11.8. The van der Waals surface area contributed by atoms with Crippen LogP contribution in [0.25, 0.3) is 0 Å². The Morgan fingerprint density at radius 3 is 2.37 bits per heavy atom. The zero-order valence-corrected chi connectivity index (χ0v) is 16.5. The summed E-state index contributed by atoms with van der Waals surface area (Å²) in [6, 6.07) is 14.6. The average Bonchev–Trinajstić information content (AvgIpc) is 2.65. The van der Waals surface area contributed by atoms with Gasteiger partial charge in [-0.25, -0.2) is 0 Å². The molecule has 1 amide bonds. The van der Waals surface area contributed by atoms with Gasteiger partial charge >= 0.3 is 0 Å². The topological polar surface area (TPSA) is 44.8 Å². The van der Waals surface area contributed by atoms with Crippen molar-refractivity contribution in [2.45, 2.75) is 0 Å². The van der Waals surface area contributed by atoms with Gasteiger partial charge in [0.15, 0.2) is 0 Å². The lowest BCUT2D eigenvalue weighted by Gasteiger charge is -2.34. The number of ether oxygens (including phenoxy) is 1. The average molecular weight is 408 g/mol. The summed E-state index contributed by atoms with van der Waals surface area (Å²) in [4.78, 5) is 16.7. The van der Waals surface area contributed by atoms with Crippen LogP contribution in [0, 0.1) is 0 Å². The molecule has 0 aliphatic carbocycles. The third kappa shape index (κ3) is 6.70. The first kappa shape index (κ1) is 20.0. The van der Waals surface area contributed by atoms with E-state index in [2.05, 4.69) is 15.1 Å². The maximum atomic E-state index is 12.2. The molecule has 5 nitrogen and oxygen atoms in total. The molecule has 0 atom stereocenters. The minimum Gasteiger partial charge on any atom is -0.492 e. The summed E-state index contributed by atoms with van der Waals surface area (Å²) in [5.74, 6) is 0.813. The van der Waals surface area contributed by atoms with Crippen molar-refractivity contribution >= 4 is 34.8 Å². The predicted octanol–water partition coefficient (Wildman–Crippen LogP) is 3.63. The minimum absolute atomic E-state index is 0.0169. The van der Waals surface area contributed by atoms with Crippen molar-refractivity contribution in [2.24, 2.45) is 0 Å². The number of nitrogens with zero attached hydrogens (tertiary/aromatic N) is 2. The van der Waals surface area contributed by atoms with Gasteiger partial charge in [-0.3, -0.25) is 14.6 Å². The van der Waals surface area contributed by atoms with Gasteiger partial charge in [0, 0.05) is 48.5 Å². The molecule has 0 spiro atoms. The summed E-state index contributed by atoms with van der Waals surface area (Å²) < 4.78 is 5.74. The number of hydrogen-bond donors (Lipinski definition) is 1. The first-order valence-electron chi connectivity index (χ1n) is 8.97. The third-order valence-electron chi connectivity index (χ3n) is 4.43. The predicted molar refractivity (Wildman–Crippen MR) is 110 cm³/mol. The van der Waals surface area contributed by atoms with E-state index in [1.165, 1.54) is 0 Å². The second kappa shape index (κ2) is 9.95. The fourth-order valence-electron chi connectivity index (χ4n) is 2.96. The van der Waals surface area contributed by atoms with Crippen molar-refractivity contribution in [2.75, 3.05) is 51.2 Å². The van der Waals surface area contributed by atoms with Crippen LogP contribution in [-0.2, 0) is 4.79 Å². The van der Waals surface area contributed by atoms with E-state index < -0.39 is 0 Å². The maximum absolute atomic E-state index is 12.2. The van der Waals surface area contributed by atoms with Gasteiger partial charge in [-0.15, -0.1) is 0 Å². The molecular weight excluding hydrogens is 385 g/mol.